The van der Waals surface area contributed by atoms with Gasteiger partial charge in [-0.25, -0.2) is 0 Å². The van der Waals surface area contributed by atoms with E-state index in [2.05, 4.69) is 11.9 Å². The van der Waals surface area contributed by atoms with E-state index < -0.39 is 6.04 Å². The van der Waals surface area contributed by atoms with Gasteiger partial charge in [0, 0.05) is 6.42 Å². The Morgan fingerprint density at radius 2 is 2.20 bits per heavy atom. The molecule has 0 radical (unpaired) electrons. The molecule has 0 fully saturated rings. The van der Waals surface area contributed by atoms with E-state index in [0.29, 0.717) is 6.42 Å². The van der Waals surface area contributed by atoms with Crippen molar-refractivity contribution in [2.75, 3.05) is 0 Å². The molecule has 0 saturated carbocycles. The Kier molecular flexibility index (Phi) is 4.11. The van der Waals surface area contributed by atoms with Crippen LogP contribution in [0.25, 0.3) is 0 Å². The van der Waals surface area contributed by atoms with Gasteiger partial charge in [0.1, 0.15) is 6.04 Å². The molecule has 0 spiro atoms. The Balaban J connectivity index is 2.59. The normalized spacial score (nSPS) is 11.1. The lowest BCUT2D eigenvalue weighted by Gasteiger charge is -2.09. The molecule has 0 aromatic heterocycles. The molecule has 1 unspecified atom stereocenters. The summed E-state index contributed by atoms with van der Waals surface area (Å²) in [6.07, 6.45) is 1.67. The third kappa shape index (κ3) is 3.65. The minimum atomic E-state index is -0.502. The average Bonchev–Trinajstić information content (AvgIpc) is 2.29. The van der Waals surface area contributed by atoms with Crippen molar-refractivity contribution in [3.05, 3.63) is 48.6 Å². The molecule has 1 aromatic carbocycles. The van der Waals surface area contributed by atoms with Gasteiger partial charge >= 0.3 is 0 Å². The Morgan fingerprint density at radius 1 is 1.53 bits per heavy atom. The first-order valence-electron chi connectivity index (χ1n) is 4.62. The molecular formula is C12H12N2O. The Labute approximate surface area is 89.0 Å². The number of carbonyl (C=O) groups excluding carboxylic acids is 1. The number of amides is 1. The van der Waals surface area contributed by atoms with Crippen molar-refractivity contribution in [2.24, 2.45) is 0 Å². The second kappa shape index (κ2) is 5.61. The van der Waals surface area contributed by atoms with Crippen molar-refractivity contribution in [2.45, 2.75) is 12.5 Å². The topological polar surface area (TPSA) is 52.9 Å². The summed E-state index contributed by atoms with van der Waals surface area (Å²) in [7, 11) is 0. The zero-order valence-corrected chi connectivity index (χ0v) is 8.31. The Morgan fingerprint density at radius 3 is 2.73 bits per heavy atom. The van der Waals surface area contributed by atoms with Crippen LogP contribution in [0.5, 0.6) is 0 Å². The molecule has 3 heteroatoms. The predicted octanol–water partition coefficient (Wildman–Crippen LogP) is 1.42. The largest absolute Gasteiger partial charge is 0.336 e. The maximum Gasteiger partial charge on any atom is 0.244 e. The van der Waals surface area contributed by atoms with Gasteiger partial charge in [0.05, 0.1) is 6.07 Å². The van der Waals surface area contributed by atoms with Crippen LogP contribution in [-0.4, -0.2) is 11.9 Å². The van der Waals surface area contributed by atoms with E-state index in [4.69, 9.17) is 5.26 Å². The molecule has 15 heavy (non-hydrogen) atoms. The number of nitrogens with zero attached hydrogens (tertiary/aromatic N) is 1. The highest BCUT2D eigenvalue weighted by atomic mass is 16.1. The van der Waals surface area contributed by atoms with Crippen LogP contribution in [0.4, 0.5) is 0 Å². The highest BCUT2D eigenvalue weighted by Crippen LogP contribution is 2.02. The number of nitriles is 1. The maximum atomic E-state index is 11.0. The lowest BCUT2D eigenvalue weighted by molar-refractivity contribution is -0.116. The van der Waals surface area contributed by atoms with Crippen molar-refractivity contribution >= 4 is 5.91 Å². The number of hydrogen-bond acceptors (Lipinski definition) is 2. The van der Waals surface area contributed by atoms with Gasteiger partial charge in [0.15, 0.2) is 0 Å². The molecule has 1 rings (SSSR count). The number of rotatable bonds is 4. The molecular weight excluding hydrogens is 188 g/mol. The second-order valence-corrected chi connectivity index (χ2v) is 3.08. The zero-order valence-electron chi connectivity index (χ0n) is 8.31. The standard InChI is InChI=1S/C12H12N2O/c1-2-12(15)14-11(9-13)8-10-6-4-3-5-7-10/h2-7,11H,1,8H2,(H,14,15). The van der Waals surface area contributed by atoms with E-state index in [-0.39, 0.29) is 5.91 Å². The van der Waals surface area contributed by atoms with Gasteiger partial charge in [-0.05, 0) is 11.6 Å². The first-order valence-corrected chi connectivity index (χ1v) is 4.62. The summed E-state index contributed by atoms with van der Waals surface area (Å²) in [5.74, 6) is -0.322. The minimum absolute atomic E-state index is 0.322. The molecule has 1 aromatic rings. The van der Waals surface area contributed by atoms with Crippen LogP contribution in [0.3, 0.4) is 0 Å². The van der Waals surface area contributed by atoms with Crippen LogP contribution in [0.15, 0.2) is 43.0 Å². The lowest BCUT2D eigenvalue weighted by atomic mass is 10.1. The summed E-state index contributed by atoms with van der Waals surface area (Å²) < 4.78 is 0. The van der Waals surface area contributed by atoms with Crippen LogP contribution in [-0.2, 0) is 11.2 Å². The van der Waals surface area contributed by atoms with E-state index in [1.165, 1.54) is 0 Å². The molecule has 1 atom stereocenters. The van der Waals surface area contributed by atoms with E-state index in [1.54, 1.807) is 0 Å². The number of benzene rings is 1. The summed E-state index contributed by atoms with van der Waals surface area (Å²) in [4.78, 5) is 11.0. The number of hydrogen-bond donors (Lipinski definition) is 1. The third-order valence-electron chi connectivity index (χ3n) is 1.94. The average molecular weight is 200 g/mol. The number of nitrogens with one attached hydrogen (secondary N) is 1. The fourth-order valence-corrected chi connectivity index (χ4v) is 1.21. The van der Waals surface area contributed by atoms with Crippen LogP contribution < -0.4 is 5.32 Å². The first kappa shape index (κ1) is 11.0. The Bertz CT molecular complexity index is 378. The third-order valence-corrected chi connectivity index (χ3v) is 1.94. The van der Waals surface area contributed by atoms with Gasteiger partial charge in [-0.2, -0.15) is 5.26 Å². The van der Waals surface area contributed by atoms with Crippen molar-refractivity contribution < 1.29 is 4.79 Å². The zero-order chi connectivity index (χ0) is 11.1. The quantitative estimate of drug-likeness (QED) is 0.747. The minimum Gasteiger partial charge on any atom is -0.336 e. The number of carbonyl (C=O) groups is 1. The molecule has 3 nitrogen and oxygen atoms in total. The molecule has 1 N–H and O–H groups in total. The predicted molar refractivity (Wildman–Crippen MR) is 57.9 cm³/mol. The molecule has 0 aliphatic rings. The monoisotopic (exact) mass is 200 g/mol. The van der Waals surface area contributed by atoms with E-state index in [1.807, 2.05) is 36.4 Å². The van der Waals surface area contributed by atoms with Crippen LogP contribution >= 0.6 is 0 Å². The molecule has 76 valence electrons. The van der Waals surface area contributed by atoms with Gasteiger partial charge in [-0.1, -0.05) is 36.9 Å². The van der Waals surface area contributed by atoms with E-state index in [9.17, 15) is 4.79 Å². The summed E-state index contributed by atoms with van der Waals surface area (Å²) in [6, 6.07) is 11.1. The summed E-state index contributed by atoms with van der Waals surface area (Å²) >= 11 is 0. The highest BCUT2D eigenvalue weighted by molar-refractivity contribution is 5.87. The molecule has 0 aliphatic carbocycles. The summed E-state index contributed by atoms with van der Waals surface area (Å²) in [5, 5.41) is 11.4. The fraction of sp³-hybridized carbons (Fsp3) is 0.167. The Hall–Kier alpha value is -2.08. The van der Waals surface area contributed by atoms with E-state index in [0.717, 1.165) is 11.6 Å². The molecule has 0 heterocycles. The van der Waals surface area contributed by atoms with Gasteiger partial charge in [0.2, 0.25) is 5.91 Å². The van der Waals surface area contributed by atoms with E-state index >= 15 is 0 Å². The van der Waals surface area contributed by atoms with Gasteiger partial charge in [-0.15, -0.1) is 0 Å². The summed E-state index contributed by atoms with van der Waals surface area (Å²) in [6.45, 7) is 3.33. The lowest BCUT2D eigenvalue weighted by Crippen LogP contribution is -2.33. The highest BCUT2D eigenvalue weighted by Gasteiger charge is 2.09. The van der Waals surface area contributed by atoms with Crippen LogP contribution in [0.1, 0.15) is 5.56 Å². The summed E-state index contributed by atoms with van der Waals surface area (Å²) in [5.41, 5.74) is 1.02. The second-order valence-electron chi connectivity index (χ2n) is 3.08. The molecule has 0 bridgehead atoms. The van der Waals surface area contributed by atoms with Crippen molar-refractivity contribution in [1.29, 1.82) is 5.26 Å². The molecule has 0 saturated heterocycles. The van der Waals surface area contributed by atoms with Gasteiger partial charge in [-0.3, -0.25) is 4.79 Å². The SMILES string of the molecule is C=CC(=O)NC(C#N)Cc1ccccc1. The first-order chi connectivity index (χ1) is 7.26. The van der Waals surface area contributed by atoms with Crippen molar-refractivity contribution in [1.82, 2.24) is 5.32 Å². The van der Waals surface area contributed by atoms with Crippen LogP contribution in [0, 0.1) is 11.3 Å². The molecule has 1 amide bonds. The van der Waals surface area contributed by atoms with Crippen molar-refractivity contribution in [3.8, 4) is 6.07 Å². The van der Waals surface area contributed by atoms with Gasteiger partial charge < -0.3 is 5.32 Å². The maximum absolute atomic E-state index is 11.0. The van der Waals surface area contributed by atoms with Gasteiger partial charge in [0.25, 0.3) is 0 Å². The van der Waals surface area contributed by atoms with Crippen molar-refractivity contribution in [3.63, 3.8) is 0 Å². The fourth-order valence-electron chi connectivity index (χ4n) is 1.21. The molecule has 0 aliphatic heterocycles. The van der Waals surface area contributed by atoms with Crippen LogP contribution in [0.2, 0.25) is 0 Å². The smallest absolute Gasteiger partial charge is 0.244 e.